The highest BCUT2D eigenvalue weighted by Crippen LogP contribution is 2.55. The van der Waals surface area contributed by atoms with E-state index in [4.69, 9.17) is 0 Å². The molecule has 0 radical (unpaired) electrons. The van der Waals surface area contributed by atoms with Gasteiger partial charge in [-0.05, 0) is 82.0 Å². The van der Waals surface area contributed by atoms with Crippen LogP contribution in [0.3, 0.4) is 0 Å². The van der Waals surface area contributed by atoms with E-state index in [1.54, 1.807) is 0 Å². The van der Waals surface area contributed by atoms with E-state index in [2.05, 4.69) is 10.6 Å². The molecule has 4 bridgehead atoms. The predicted molar refractivity (Wildman–Crippen MR) is 80.8 cm³/mol. The van der Waals surface area contributed by atoms with Crippen LogP contribution in [0.25, 0.3) is 0 Å². The van der Waals surface area contributed by atoms with Gasteiger partial charge in [0.05, 0.1) is 6.10 Å². The molecule has 0 aromatic heterocycles. The summed E-state index contributed by atoms with van der Waals surface area (Å²) >= 11 is 0. The highest BCUT2D eigenvalue weighted by atomic mass is 16.3. The van der Waals surface area contributed by atoms with Crippen molar-refractivity contribution < 1.29 is 9.90 Å². The molecule has 5 aliphatic rings. The first-order chi connectivity index (χ1) is 10.1. The largest absolute Gasteiger partial charge is 0.393 e. The molecule has 0 heterocycles. The Bertz CT molecular complexity index is 388. The van der Waals surface area contributed by atoms with Crippen molar-refractivity contribution in [3.05, 3.63) is 0 Å². The maximum absolute atomic E-state index is 12.4. The number of rotatable bonds is 2. The molecule has 2 amide bonds. The summed E-state index contributed by atoms with van der Waals surface area (Å²) < 4.78 is 0. The molecule has 0 aromatic carbocycles. The SMILES string of the molecule is O=C(NC1CCCC(O)C1)NC12CC3CC(CC(C3)C1)C2. The van der Waals surface area contributed by atoms with E-state index in [-0.39, 0.29) is 23.7 Å². The van der Waals surface area contributed by atoms with Gasteiger partial charge in [0, 0.05) is 11.6 Å². The van der Waals surface area contributed by atoms with E-state index in [9.17, 15) is 9.90 Å². The van der Waals surface area contributed by atoms with E-state index in [1.807, 2.05) is 0 Å². The fraction of sp³-hybridized carbons (Fsp3) is 0.941. The van der Waals surface area contributed by atoms with Gasteiger partial charge in [0.25, 0.3) is 0 Å². The van der Waals surface area contributed by atoms with Crippen LogP contribution >= 0.6 is 0 Å². The summed E-state index contributed by atoms with van der Waals surface area (Å²) in [6, 6.07) is 0.165. The van der Waals surface area contributed by atoms with Gasteiger partial charge in [0.1, 0.15) is 0 Å². The summed E-state index contributed by atoms with van der Waals surface area (Å²) in [4.78, 5) is 12.4. The van der Waals surface area contributed by atoms with Crippen LogP contribution in [-0.2, 0) is 0 Å². The predicted octanol–water partition coefficient (Wildman–Crippen LogP) is 2.56. The Kier molecular flexibility index (Phi) is 3.40. The van der Waals surface area contributed by atoms with Crippen molar-refractivity contribution in [1.29, 1.82) is 0 Å². The van der Waals surface area contributed by atoms with Crippen molar-refractivity contribution in [3.63, 3.8) is 0 Å². The average molecular weight is 292 g/mol. The second kappa shape index (κ2) is 5.15. The van der Waals surface area contributed by atoms with Gasteiger partial charge in [-0.3, -0.25) is 0 Å². The smallest absolute Gasteiger partial charge is 0.315 e. The van der Waals surface area contributed by atoms with Gasteiger partial charge in [0.15, 0.2) is 0 Å². The lowest BCUT2D eigenvalue weighted by Crippen LogP contribution is -2.62. The minimum absolute atomic E-state index is 0.0102. The third-order valence-electron chi connectivity index (χ3n) is 6.40. The average Bonchev–Trinajstić information content (AvgIpc) is 2.35. The van der Waals surface area contributed by atoms with E-state index < -0.39 is 0 Å². The number of nitrogens with one attached hydrogen (secondary N) is 2. The molecule has 5 fully saturated rings. The van der Waals surface area contributed by atoms with Gasteiger partial charge in [-0.2, -0.15) is 0 Å². The number of amides is 2. The van der Waals surface area contributed by atoms with Crippen molar-refractivity contribution >= 4 is 6.03 Å². The zero-order valence-electron chi connectivity index (χ0n) is 12.8. The number of carbonyl (C=O) groups excluding carboxylic acids is 1. The molecule has 4 nitrogen and oxygen atoms in total. The van der Waals surface area contributed by atoms with Crippen molar-refractivity contribution in [2.45, 2.75) is 81.9 Å². The minimum atomic E-state index is -0.233. The molecule has 0 aromatic rings. The van der Waals surface area contributed by atoms with Crippen LogP contribution < -0.4 is 10.6 Å². The van der Waals surface area contributed by atoms with Crippen LogP contribution in [0.1, 0.15) is 64.2 Å². The Balaban J connectivity index is 1.36. The van der Waals surface area contributed by atoms with Crippen LogP contribution in [0.15, 0.2) is 0 Å². The molecular weight excluding hydrogens is 264 g/mol. The van der Waals surface area contributed by atoms with E-state index in [0.717, 1.165) is 37.0 Å². The lowest BCUT2D eigenvalue weighted by molar-refractivity contribution is -0.0138. The van der Waals surface area contributed by atoms with Crippen LogP contribution in [-0.4, -0.2) is 28.8 Å². The first-order valence-corrected chi connectivity index (χ1v) is 8.87. The molecule has 2 unspecified atom stereocenters. The molecule has 0 aliphatic heterocycles. The standard InChI is InChI=1S/C17H28N2O2/c20-15-3-1-2-14(7-15)18-16(21)19-17-8-11-4-12(9-17)6-13(5-11)10-17/h11-15,20H,1-10H2,(H2,18,19,21). The lowest BCUT2D eigenvalue weighted by atomic mass is 9.53. The molecule has 118 valence electrons. The van der Waals surface area contributed by atoms with E-state index >= 15 is 0 Å². The number of urea groups is 1. The van der Waals surface area contributed by atoms with Crippen LogP contribution in [0.5, 0.6) is 0 Å². The molecule has 4 heteroatoms. The maximum Gasteiger partial charge on any atom is 0.315 e. The Morgan fingerprint density at radius 1 is 0.952 bits per heavy atom. The number of carbonyl (C=O) groups is 1. The van der Waals surface area contributed by atoms with Crippen molar-refractivity contribution in [2.75, 3.05) is 0 Å². The van der Waals surface area contributed by atoms with Gasteiger partial charge in [-0.1, -0.05) is 0 Å². The number of aliphatic hydroxyl groups is 1. The lowest BCUT2D eigenvalue weighted by Gasteiger charge is -2.56. The first kappa shape index (κ1) is 13.9. The second-order valence-electron chi connectivity index (χ2n) is 8.31. The number of hydrogen-bond acceptors (Lipinski definition) is 2. The van der Waals surface area contributed by atoms with E-state index in [0.29, 0.717) is 6.42 Å². The van der Waals surface area contributed by atoms with E-state index in [1.165, 1.54) is 38.5 Å². The summed E-state index contributed by atoms with van der Waals surface area (Å²) in [5.74, 6) is 2.56. The second-order valence-corrected chi connectivity index (χ2v) is 8.31. The third kappa shape index (κ3) is 2.79. The number of hydrogen-bond donors (Lipinski definition) is 3. The van der Waals surface area contributed by atoms with Crippen molar-refractivity contribution in [3.8, 4) is 0 Å². The molecule has 5 saturated carbocycles. The van der Waals surface area contributed by atoms with Gasteiger partial charge in [0.2, 0.25) is 0 Å². The van der Waals surface area contributed by atoms with Crippen LogP contribution in [0.2, 0.25) is 0 Å². The first-order valence-electron chi connectivity index (χ1n) is 8.87. The topological polar surface area (TPSA) is 61.4 Å². The summed E-state index contributed by atoms with van der Waals surface area (Å²) in [5.41, 5.74) is 0.0894. The summed E-state index contributed by atoms with van der Waals surface area (Å²) in [6.07, 6.45) is 11.2. The normalized spacial score (nSPS) is 48.1. The zero-order valence-corrected chi connectivity index (χ0v) is 12.8. The number of aliphatic hydroxyl groups excluding tert-OH is 1. The summed E-state index contributed by atoms with van der Waals surface area (Å²) in [6.45, 7) is 0. The highest BCUT2D eigenvalue weighted by Gasteiger charge is 2.51. The quantitative estimate of drug-likeness (QED) is 0.732. The third-order valence-corrected chi connectivity index (χ3v) is 6.40. The van der Waals surface area contributed by atoms with Gasteiger partial charge >= 0.3 is 6.03 Å². The highest BCUT2D eigenvalue weighted by molar-refractivity contribution is 5.75. The summed E-state index contributed by atoms with van der Waals surface area (Å²) in [5, 5.41) is 16.2. The Morgan fingerprint density at radius 2 is 1.57 bits per heavy atom. The molecule has 2 atom stereocenters. The van der Waals surface area contributed by atoms with Gasteiger partial charge in [-0.15, -0.1) is 0 Å². The van der Waals surface area contributed by atoms with Crippen molar-refractivity contribution in [1.82, 2.24) is 10.6 Å². The summed E-state index contributed by atoms with van der Waals surface area (Å²) in [7, 11) is 0. The molecular formula is C17H28N2O2. The van der Waals surface area contributed by atoms with Gasteiger partial charge < -0.3 is 15.7 Å². The fourth-order valence-corrected chi connectivity index (χ4v) is 6.02. The Labute approximate surface area is 127 Å². The molecule has 5 aliphatic carbocycles. The van der Waals surface area contributed by atoms with Crippen LogP contribution in [0.4, 0.5) is 4.79 Å². The van der Waals surface area contributed by atoms with Crippen molar-refractivity contribution in [2.24, 2.45) is 17.8 Å². The Morgan fingerprint density at radius 3 is 2.14 bits per heavy atom. The van der Waals surface area contributed by atoms with Gasteiger partial charge in [-0.25, -0.2) is 4.79 Å². The Hall–Kier alpha value is -0.770. The fourth-order valence-electron chi connectivity index (χ4n) is 6.02. The maximum atomic E-state index is 12.4. The van der Waals surface area contributed by atoms with Crippen LogP contribution in [0, 0.1) is 17.8 Å². The molecule has 3 N–H and O–H groups in total. The minimum Gasteiger partial charge on any atom is -0.393 e. The molecule has 21 heavy (non-hydrogen) atoms. The molecule has 5 rings (SSSR count). The molecule has 0 spiro atoms. The monoisotopic (exact) mass is 292 g/mol. The zero-order chi connectivity index (χ0) is 14.4. The molecule has 0 saturated heterocycles.